The Hall–Kier alpha value is -1.14. The smallest absolute Gasteiger partial charge is 0.317 e. The average molecular weight is 333 g/mol. The second kappa shape index (κ2) is 8.12. The van der Waals surface area contributed by atoms with Gasteiger partial charge in [-0.3, -0.25) is 0 Å². The highest BCUT2D eigenvalue weighted by atomic mass is 79.9. The number of halogens is 2. The van der Waals surface area contributed by atoms with Crippen LogP contribution in [0.1, 0.15) is 18.9 Å². The molecule has 6 heteroatoms. The van der Waals surface area contributed by atoms with E-state index in [1.54, 1.807) is 6.07 Å². The van der Waals surface area contributed by atoms with Crippen LogP contribution in [0.4, 0.5) is 9.18 Å². The van der Waals surface area contributed by atoms with E-state index >= 15 is 0 Å². The van der Waals surface area contributed by atoms with Crippen molar-refractivity contribution in [2.24, 2.45) is 0 Å². The van der Waals surface area contributed by atoms with E-state index in [9.17, 15) is 9.18 Å². The summed E-state index contributed by atoms with van der Waals surface area (Å²) in [5.74, 6) is -0.348. The molecule has 0 spiro atoms. The summed E-state index contributed by atoms with van der Waals surface area (Å²) >= 11 is 3.20. The Morgan fingerprint density at radius 3 is 2.74 bits per heavy atom. The van der Waals surface area contributed by atoms with Gasteiger partial charge in [0.25, 0.3) is 0 Å². The van der Waals surface area contributed by atoms with E-state index in [2.05, 4.69) is 21.2 Å². The summed E-state index contributed by atoms with van der Waals surface area (Å²) in [4.78, 5) is 13.4. The van der Waals surface area contributed by atoms with Crippen molar-refractivity contribution in [3.05, 3.63) is 34.1 Å². The Morgan fingerprint density at radius 2 is 2.16 bits per heavy atom. The topological polar surface area (TPSA) is 52.6 Å². The number of benzene rings is 1. The predicted octanol–water partition coefficient (Wildman–Crippen LogP) is 2.50. The van der Waals surface area contributed by atoms with Gasteiger partial charge in [-0.05, 0) is 30.2 Å². The van der Waals surface area contributed by atoms with Gasteiger partial charge in [0.1, 0.15) is 5.82 Å². The summed E-state index contributed by atoms with van der Waals surface area (Å²) in [6.45, 7) is 3.02. The lowest BCUT2D eigenvalue weighted by Gasteiger charge is -2.21. The van der Waals surface area contributed by atoms with E-state index in [4.69, 9.17) is 5.11 Å². The zero-order chi connectivity index (χ0) is 14.3. The van der Waals surface area contributed by atoms with Gasteiger partial charge in [-0.25, -0.2) is 9.18 Å². The fourth-order valence-electron chi connectivity index (χ4n) is 1.71. The monoisotopic (exact) mass is 332 g/mol. The van der Waals surface area contributed by atoms with Gasteiger partial charge in [0.15, 0.2) is 0 Å². The largest absolute Gasteiger partial charge is 0.395 e. The Balaban J connectivity index is 2.56. The highest BCUT2D eigenvalue weighted by Gasteiger charge is 2.11. The molecule has 0 heterocycles. The highest BCUT2D eigenvalue weighted by molar-refractivity contribution is 9.10. The number of hydrogen-bond acceptors (Lipinski definition) is 2. The molecule has 0 atom stereocenters. The van der Waals surface area contributed by atoms with Crippen molar-refractivity contribution in [1.29, 1.82) is 0 Å². The van der Waals surface area contributed by atoms with Crippen molar-refractivity contribution < 1.29 is 14.3 Å². The summed E-state index contributed by atoms with van der Waals surface area (Å²) in [5.41, 5.74) is 0.681. The van der Waals surface area contributed by atoms with Gasteiger partial charge in [0.05, 0.1) is 6.61 Å². The van der Waals surface area contributed by atoms with Crippen LogP contribution in [0.2, 0.25) is 0 Å². The molecule has 0 aliphatic heterocycles. The van der Waals surface area contributed by atoms with E-state index in [0.717, 1.165) is 6.42 Å². The van der Waals surface area contributed by atoms with Gasteiger partial charge in [-0.15, -0.1) is 0 Å². The number of carbonyl (C=O) groups excluding carboxylic acids is 1. The first-order valence-corrected chi connectivity index (χ1v) is 6.94. The van der Waals surface area contributed by atoms with E-state index in [0.29, 0.717) is 23.1 Å². The minimum Gasteiger partial charge on any atom is -0.395 e. The fourth-order valence-corrected chi connectivity index (χ4v) is 2.22. The third kappa shape index (κ3) is 5.57. The lowest BCUT2D eigenvalue weighted by molar-refractivity contribution is 0.177. The second-order valence-corrected chi connectivity index (χ2v) is 5.06. The van der Waals surface area contributed by atoms with Crippen LogP contribution in [0.3, 0.4) is 0 Å². The fraction of sp³-hybridized carbons (Fsp3) is 0.462. The first kappa shape index (κ1) is 15.9. The standard InChI is InChI=1S/C13H18BrFN2O2/c1-2-3-17(4-5-18)13(19)16-9-10-6-11(14)8-12(15)7-10/h6-8,18H,2-5,9H2,1H3,(H,16,19). The van der Waals surface area contributed by atoms with Gasteiger partial charge in [-0.1, -0.05) is 22.9 Å². The molecule has 0 unspecified atom stereocenters. The molecule has 4 nitrogen and oxygen atoms in total. The van der Waals surface area contributed by atoms with Gasteiger partial charge < -0.3 is 15.3 Å². The molecule has 1 aromatic rings. The average Bonchev–Trinajstić information content (AvgIpc) is 2.34. The van der Waals surface area contributed by atoms with E-state index < -0.39 is 0 Å². The van der Waals surface area contributed by atoms with Gasteiger partial charge in [0, 0.05) is 24.1 Å². The first-order valence-electron chi connectivity index (χ1n) is 6.15. The number of aliphatic hydroxyl groups excluding tert-OH is 1. The molecule has 0 bridgehead atoms. The van der Waals surface area contributed by atoms with Crippen LogP contribution in [0.5, 0.6) is 0 Å². The summed E-state index contributed by atoms with van der Waals surface area (Å²) in [5, 5.41) is 11.6. The van der Waals surface area contributed by atoms with Crippen LogP contribution in [-0.2, 0) is 6.54 Å². The van der Waals surface area contributed by atoms with Crippen molar-refractivity contribution in [3.63, 3.8) is 0 Å². The summed E-state index contributed by atoms with van der Waals surface area (Å²) in [6, 6.07) is 4.23. The number of nitrogens with one attached hydrogen (secondary N) is 1. The molecule has 19 heavy (non-hydrogen) atoms. The molecule has 2 N–H and O–H groups in total. The Kier molecular flexibility index (Phi) is 6.80. The molecule has 1 aromatic carbocycles. The summed E-state index contributed by atoms with van der Waals surface area (Å²) in [7, 11) is 0. The van der Waals surface area contributed by atoms with Gasteiger partial charge >= 0.3 is 6.03 Å². The SMILES string of the molecule is CCCN(CCO)C(=O)NCc1cc(F)cc(Br)c1. The molecule has 106 valence electrons. The van der Waals surface area contributed by atoms with Crippen LogP contribution in [0, 0.1) is 5.82 Å². The predicted molar refractivity (Wildman–Crippen MR) is 75.3 cm³/mol. The molecule has 0 aromatic heterocycles. The van der Waals surface area contributed by atoms with Crippen LogP contribution in [0.25, 0.3) is 0 Å². The van der Waals surface area contributed by atoms with Gasteiger partial charge in [-0.2, -0.15) is 0 Å². The quantitative estimate of drug-likeness (QED) is 0.840. The van der Waals surface area contributed by atoms with Crippen molar-refractivity contribution in [2.45, 2.75) is 19.9 Å². The molecule has 0 aliphatic rings. The first-order chi connectivity index (χ1) is 9.06. The maximum atomic E-state index is 13.2. The van der Waals surface area contributed by atoms with Crippen molar-refractivity contribution in [3.8, 4) is 0 Å². The molecule has 0 aliphatic carbocycles. The van der Waals surface area contributed by atoms with Crippen LogP contribution >= 0.6 is 15.9 Å². The van der Waals surface area contributed by atoms with E-state index in [-0.39, 0.29) is 25.0 Å². The maximum absolute atomic E-state index is 13.2. The number of rotatable bonds is 6. The molecule has 2 amide bonds. The third-order valence-corrected chi connectivity index (χ3v) is 2.97. The Bertz CT molecular complexity index is 403. The lowest BCUT2D eigenvalue weighted by atomic mass is 10.2. The number of urea groups is 1. The lowest BCUT2D eigenvalue weighted by Crippen LogP contribution is -2.41. The Morgan fingerprint density at radius 1 is 1.42 bits per heavy atom. The zero-order valence-electron chi connectivity index (χ0n) is 10.8. The van der Waals surface area contributed by atoms with Crippen molar-refractivity contribution in [2.75, 3.05) is 19.7 Å². The van der Waals surface area contributed by atoms with E-state index in [1.807, 2.05) is 6.92 Å². The minimum atomic E-state index is -0.348. The number of aliphatic hydroxyl groups is 1. The maximum Gasteiger partial charge on any atom is 0.317 e. The molecule has 0 saturated heterocycles. The number of nitrogens with zero attached hydrogens (tertiary/aromatic N) is 1. The van der Waals surface area contributed by atoms with E-state index in [1.165, 1.54) is 17.0 Å². The normalized spacial score (nSPS) is 10.3. The molecule has 0 radical (unpaired) electrons. The van der Waals surface area contributed by atoms with Crippen LogP contribution in [-0.4, -0.2) is 35.7 Å². The minimum absolute atomic E-state index is 0.0705. The molecule has 0 fully saturated rings. The van der Waals surface area contributed by atoms with Crippen molar-refractivity contribution in [1.82, 2.24) is 10.2 Å². The summed E-state index contributed by atoms with van der Waals surface area (Å²) in [6.07, 6.45) is 0.818. The van der Waals surface area contributed by atoms with Crippen LogP contribution < -0.4 is 5.32 Å². The second-order valence-electron chi connectivity index (χ2n) is 4.15. The molecular weight excluding hydrogens is 315 g/mol. The number of hydrogen-bond donors (Lipinski definition) is 2. The zero-order valence-corrected chi connectivity index (χ0v) is 12.4. The molecular formula is C13H18BrFN2O2. The highest BCUT2D eigenvalue weighted by Crippen LogP contribution is 2.14. The van der Waals surface area contributed by atoms with Gasteiger partial charge in [0.2, 0.25) is 0 Å². The summed E-state index contributed by atoms with van der Waals surface area (Å²) < 4.78 is 13.8. The molecule has 0 saturated carbocycles. The Labute approximate surface area is 120 Å². The third-order valence-electron chi connectivity index (χ3n) is 2.52. The molecule has 1 rings (SSSR count). The number of carbonyl (C=O) groups is 1. The van der Waals surface area contributed by atoms with Crippen molar-refractivity contribution >= 4 is 22.0 Å². The number of amides is 2. The van der Waals surface area contributed by atoms with Crippen LogP contribution in [0.15, 0.2) is 22.7 Å².